The number of carbonyl (C=O) groups is 2. The predicted octanol–water partition coefficient (Wildman–Crippen LogP) is 3.42. The average molecular weight is 322 g/mol. The van der Waals surface area contributed by atoms with E-state index in [0.717, 1.165) is 32.2 Å². The van der Waals surface area contributed by atoms with E-state index in [4.69, 9.17) is 4.74 Å². The van der Waals surface area contributed by atoms with E-state index in [2.05, 4.69) is 25.2 Å². The van der Waals surface area contributed by atoms with Crippen molar-refractivity contribution in [3.8, 4) is 0 Å². The molecule has 1 aliphatic heterocycles. The largest absolute Gasteiger partial charge is 0.445 e. The van der Waals surface area contributed by atoms with Crippen LogP contribution in [-0.4, -0.2) is 43.1 Å². The lowest BCUT2D eigenvalue weighted by atomic mass is 10.1. The van der Waals surface area contributed by atoms with Gasteiger partial charge in [-0.05, 0) is 52.5 Å². The van der Waals surface area contributed by atoms with Crippen molar-refractivity contribution in [2.24, 2.45) is 0 Å². The van der Waals surface area contributed by atoms with E-state index >= 15 is 0 Å². The third-order valence-corrected chi connectivity index (χ3v) is 3.78. The maximum Gasteiger partial charge on any atom is 0.407 e. The Hall–Kier alpha value is -1.78. The molecule has 5 heteroatoms. The monoisotopic (exact) mass is 322 g/mol. The molecule has 0 aliphatic carbocycles. The maximum absolute atomic E-state index is 11.5. The van der Waals surface area contributed by atoms with Gasteiger partial charge in [-0.3, -0.25) is 4.79 Å². The summed E-state index contributed by atoms with van der Waals surface area (Å²) in [6.45, 7) is 8.62. The average Bonchev–Trinajstić information content (AvgIpc) is 2.88. The van der Waals surface area contributed by atoms with Crippen molar-refractivity contribution >= 4 is 12.0 Å². The second kappa shape index (κ2) is 10.9. The quantitative estimate of drug-likeness (QED) is 0.523. The molecular formula is C18H30N2O3. The molecule has 0 spiro atoms. The van der Waals surface area contributed by atoms with E-state index in [1.54, 1.807) is 0 Å². The number of likely N-dealkylation sites (tertiary alicyclic amines) is 1. The van der Waals surface area contributed by atoms with Crippen molar-refractivity contribution in [3.05, 3.63) is 23.3 Å². The first-order chi connectivity index (χ1) is 11.0. The zero-order valence-corrected chi connectivity index (χ0v) is 14.7. The molecule has 23 heavy (non-hydrogen) atoms. The fourth-order valence-corrected chi connectivity index (χ4v) is 2.40. The molecule has 1 rings (SSSR count). The Kier molecular flexibility index (Phi) is 9.10. The van der Waals surface area contributed by atoms with Crippen LogP contribution in [0.25, 0.3) is 0 Å². The smallest absolute Gasteiger partial charge is 0.407 e. The summed E-state index contributed by atoms with van der Waals surface area (Å²) in [5.41, 5.74) is 2.55. The van der Waals surface area contributed by atoms with Crippen LogP contribution >= 0.6 is 0 Å². The Morgan fingerprint density at radius 2 is 2.09 bits per heavy atom. The highest BCUT2D eigenvalue weighted by atomic mass is 16.5. The Labute approximate surface area is 139 Å². The van der Waals surface area contributed by atoms with Crippen molar-refractivity contribution < 1.29 is 14.3 Å². The molecule has 1 saturated heterocycles. The number of nitrogens with one attached hydrogen (secondary N) is 1. The lowest BCUT2D eigenvalue weighted by Gasteiger charge is -2.15. The summed E-state index contributed by atoms with van der Waals surface area (Å²) in [7, 11) is 0. The summed E-state index contributed by atoms with van der Waals surface area (Å²) in [4.78, 5) is 24.8. The number of carbonyl (C=O) groups excluding carboxylic acids is 2. The number of rotatable bonds is 9. The van der Waals surface area contributed by atoms with Crippen LogP contribution in [0.4, 0.5) is 4.79 Å². The second-order valence-corrected chi connectivity index (χ2v) is 6.23. The fourth-order valence-electron chi connectivity index (χ4n) is 2.40. The molecule has 0 bridgehead atoms. The molecule has 0 aromatic heterocycles. The third-order valence-electron chi connectivity index (χ3n) is 3.78. The van der Waals surface area contributed by atoms with Gasteiger partial charge in [0.05, 0.1) is 0 Å². The van der Waals surface area contributed by atoms with Crippen LogP contribution in [0, 0.1) is 0 Å². The van der Waals surface area contributed by atoms with Crippen molar-refractivity contribution in [1.82, 2.24) is 10.2 Å². The van der Waals surface area contributed by atoms with Crippen molar-refractivity contribution in [3.63, 3.8) is 0 Å². The van der Waals surface area contributed by atoms with Crippen LogP contribution < -0.4 is 5.32 Å². The van der Waals surface area contributed by atoms with Gasteiger partial charge in [0.1, 0.15) is 6.61 Å². The van der Waals surface area contributed by atoms with E-state index in [0.29, 0.717) is 26.1 Å². The van der Waals surface area contributed by atoms with E-state index in [1.165, 1.54) is 11.1 Å². The molecule has 1 aliphatic rings. The Morgan fingerprint density at radius 1 is 1.30 bits per heavy atom. The van der Waals surface area contributed by atoms with Gasteiger partial charge in [-0.1, -0.05) is 17.2 Å². The summed E-state index contributed by atoms with van der Waals surface area (Å²) in [6, 6.07) is 0. The molecule has 0 aromatic carbocycles. The Morgan fingerprint density at radius 3 is 2.74 bits per heavy atom. The molecule has 0 saturated carbocycles. The first-order valence-electron chi connectivity index (χ1n) is 8.46. The van der Waals surface area contributed by atoms with Crippen LogP contribution in [0.2, 0.25) is 0 Å². The molecule has 2 amide bonds. The predicted molar refractivity (Wildman–Crippen MR) is 92.2 cm³/mol. The van der Waals surface area contributed by atoms with Crippen molar-refractivity contribution in [1.29, 1.82) is 0 Å². The highest BCUT2D eigenvalue weighted by molar-refractivity contribution is 5.78. The summed E-state index contributed by atoms with van der Waals surface area (Å²) in [6.07, 6.45) is 8.13. The van der Waals surface area contributed by atoms with Gasteiger partial charge in [0, 0.05) is 26.1 Å². The minimum atomic E-state index is -0.397. The number of ether oxygens (including phenoxy) is 1. The van der Waals surface area contributed by atoms with Crippen molar-refractivity contribution in [2.75, 3.05) is 26.2 Å². The Bertz CT molecular complexity index is 451. The van der Waals surface area contributed by atoms with E-state index in [9.17, 15) is 9.59 Å². The molecule has 0 aromatic rings. The van der Waals surface area contributed by atoms with E-state index in [1.807, 2.05) is 17.9 Å². The van der Waals surface area contributed by atoms with Crippen LogP contribution in [0.5, 0.6) is 0 Å². The summed E-state index contributed by atoms with van der Waals surface area (Å²) >= 11 is 0. The van der Waals surface area contributed by atoms with Gasteiger partial charge in [-0.15, -0.1) is 0 Å². The number of nitrogens with zero attached hydrogens (tertiary/aromatic N) is 1. The number of allylic oxidation sites excluding steroid dienone is 3. The SMILES string of the molecule is CC(C)=CCC/C(C)=C/COC(=O)NCCCN1CCCC1=O. The summed E-state index contributed by atoms with van der Waals surface area (Å²) < 4.78 is 5.11. The topological polar surface area (TPSA) is 58.6 Å². The molecule has 0 unspecified atom stereocenters. The number of hydrogen-bond acceptors (Lipinski definition) is 3. The Balaban J connectivity index is 2.05. The van der Waals surface area contributed by atoms with Crippen LogP contribution in [0.15, 0.2) is 23.3 Å². The van der Waals surface area contributed by atoms with E-state index in [-0.39, 0.29) is 5.91 Å². The van der Waals surface area contributed by atoms with Crippen LogP contribution in [0.3, 0.4) is 0 Å². The fraction of sp³-hybridized carbons (Fsp3) is 0.667. The highest BCUT2D eigenvalue weighted by Crippen LogP contribution is 2.09. The first-order valence-corrected chi connectivity index (χ1v) is 8.46. The summed E-state index contributed by atoms with van der Waals surface area (Å²) in [5.74, 6) is 0.223. The van der Waals surface area contributed by atoms with Gasteiger partial charge in [-0.2, -0.15) is 0 Å². The second-order valence-electron chi connectivity index (χ2n) is 6.23. The van der Waals surface area contributed by atoms with Crippen LogP contribution in [-0.2, 0) is 9.53 Å². The minimum Gasteiger partial charge on any atom is -0.445 e. The molecule has 0 radical (unpaired) electrons. The zero-order chi connectivity index (χ0) is 17.1. The molecule has 0 atom stereocenters. The standard InChI is InChI=1S/C18H30N2O3/c1-15(2)7-4-8-16(3)10-14-23-18(22)19-11-6-13-20-12-5-9-17(20)21/h7,10H,4-6,8-9,11-14H2,1-3H3,(H,19,22)/b16-10+. The van der Waals surface area contributed by atoms with Gasteiger partial charge in [-0.25, -0.2) is 4.79 Å². The van der Waals surface area contributed by atoms with Gasteiger partial charge in [0.25, 0.3) is 0 Å². The van der Waals surface area contributed by atoms with Gasteiger partial charge in [0.15, 0.2) is 0 Å². The first kappa shape index (κ1) is 19.3. The molecule has 1 N–H and O–H groups in total. The number of alkyl carbamates (subject to hydrolysis) is 1. The lowest BCUT2D eigenvalue weighted by molar-refractivity contribution is -0.127. The third kappa shape index (κ3) is 9.06. The molecule has 130 valence electrons. The highest BCUT2D eigenvalue weighted by Gasteiger charge is 2.18. The van der Waals surface area contributed by atoms with Gasteiger partial charge >= 0.3 is 6.09 Å². The van der Waals surface area contributed by atoms with Crippen LogP contribution in [0.1, 0.15) is 52.9 Å². The summed E-state index contributed by atoms with van der Waals surface area (Å²) in [5, 5.41) is 2.72. The number of hydrogen-bond donors (Lipinski definition) is 1. The minimum absolute atomic E-state index is 0.223. The molecule has 1 fully saturated rings. The normalized spacial score (nSPS) is 14.8. The molecule has 5 nitrogen and oxygen atoms in total. The lowest BCUT2D eigenvalue weighted by Crippen LogP contribution is -2.31. The van der Waals surface area contributed by atoms with E-state index < -0.39 is 6.09 Å². The number of amides is 2. The van der Waals surface area contributed by atoms with Gasteiger partial charge < -0.3 is 15.0 Å². The maximum atomic E-state index is 11.5. The van der Waals surface area contributed by atoms with Gasteiger partial charge in [0.2, 0.25) is 5.91 Å². The zero-order valence-electron chi connectivity index (χ0n) is 14.7. The molecule has 1 heterocycles. The molecular weight excluding hydrogens is 292 g/mol. The van der Waals surface area contributed by atoms with Crippen molar-refractivity contribution in [2.45, 2.75) is 52.9 Å².